The Morgan fingerprint density at radius 2 is 2.11 bits per heavy atom. The first-order valence-corrected chi connectivity index (χ1v) is 8.07. The fraction of sp³-hybridized carbons (Fsp3) is 0.933. The van der Waals surface area contributed by atoms with Crippen LogP contribution < -0.4 is 0 Å². The summed E-state index contributed by atoms with van der Waals surface area (Å²) in [6.45, 7) is 6.37. The van der Waals surface area contributed by atoms with Crippen molar-refractivity contribution in [2.45, 2.75) is 52.0 Å². The molecule has 19 heavy (non-hydrogen) atoms. The summed E-state index contributed by atoms with van der Waals surface area (Å²) in [5, 5.41) is 0. The third kappa shape index (κ3) is 3.25. The molecular formula is C15H26ClNO2. The standard InChI is InChI=1S/C15H26ClNO2/c1-12(2)9-15(5-3-4-6-15)14(18)17-7-8-19-11-13(17)10-16/h12-13H,3-11H2,1-2H3. The average molecular weight is 288 g/mol. The number of hydrogen-bond donors (Lipinski definition) is 0. The van der Waals surface area contributed by atoms with Crippen LogP contribution in [0.4, 0.5) is 0 Å². The van der Waals surface area contributed by atoms with Crippen LogP contribution in [0.5, 0.6) is 0 Å². The van der Waals surface area contributed by atoms with Crippen molar-refractivity contribution >= 4 is 17.5 Å². The molecule has 0 aromatic heterocycles. The molecule has 1 aliphatic carbocycles. The number of ether oxygens (including phenoxy) is 1. The quantitative estimate of drug-likeness (QED) is 0.744. The van der Waals surface area contributed by atoms with Crippen molar-refractivity contribution in [2.24, 2.45) is 11.3 Å². The number of carbonyl (C=O) groups is 1. The Morgan fingerprint density at radius 1 is 1.42 bits per heavy atom. The predicted octanol–water partition coefficient (Wildman–Crippen LogP) is 3.06. The number of morpholine rings is 1. The van der Waals surface area contributed by atoms with E-state index in [9.17, 15) is 4.79 Å². The topological polar surface area (TPSA) is 29.5 Å². The molecule has 1 atom stereocenters. The van der Waals surface area contributed by atoms with Crippen molar-refractivity contribution in [3.05, 3.63) is 0 Å². The van der Waals surface area contributed by atoms with Gasteiger partial charge in [0.2, 0.25) is 5.91 Å². The van der Waals surface area contributed by atoms with E-state index in [2.05, 4.69) is 13.8 Å². The van der Waals surface area contributed by atoms with Gasteiger partial charge in [0, 0.05) is 17.8 Å². The largest absolute Gasteiger partial charge is 0.377 e. The smallest absolute Gasteiger partial charge is 0.229 e. The Balaban J connectivity index is 2.14. The van der Waals surface area contributed by atoms with Crippen LogP contribution in [0, 0.1) is 11.3 Å². The molecule has 1 heterocycles. The molecule has 0 spiro atoms. The van der Waals surface area contributed by atoms with E-state index in [1.807, 2.05) is 4.90 Å². The van der Waals surface area contributed by atoms with Gasteiger partial charge in [-0.1, -0.05) is 26.7 Å². The van der Waals surface area contributed by atoms with Crippen LogP contribution in [0.3, 0.4) is 0 Å². The monoisotopic (exact) mass is 287 g/mol. The van der Waals surface area contributed by atoms with Crippen molar-refractivity contribution in [3.63, 3.8) is 0 Å². The molecule has 0 aromatic carbocycles. The van der Waals surface area contributed by atoms with E-state index >= 15 is 0 Å². The summed E-state index contributed by atoms with van der Waals surface area (Å²) in [7, 11) is 0. The second-order valence-corrected chi connectivity index (χ2v) is 6.78. The highest BCUT2D eigenvalue weighted by molar-refractivity contribution is 6.18. The highest BCUT2D eigenvalue weighted by Gasteiger charge is 2.45. The van der Waals surface area contributed by atoms with Gasteiger partial charge in [0.05, 0.1) is 19.3 Å². The van der Waals surface area contributed by atoms with Crippen molar-refractivity contribution in [1.29, 1.82) is 0 Å². The number of hydrogen-bond acceptors (Lipinski definition) is 2. The Kier molecular flexibility index (Phi) is 5.13. The van der Waals surface area contributed by atoms with Crippen molar-refractivity contribution in [3.8, 4) is 0 Å². The second kappa shape index (κ2) is 6.45. The van der Waals surface area contributed by atoms with Gasteiger partial charge in [0.25, 0.3) is 0 Å². The van der Waals surface area contributed by atoms with Gasteiger partial charge in [0.1, 0.15) is 0 Å². The number of nitrogens with zero attached hydrogens (tertiary/aromatic N) is 1. The SMILES string of the molecule is CC(C)CC1(C(=O)N2CCOCC2CCl)CCCC1. The zero-order valence-corrected chi connectivity index (χ0v) is 12.9. The summed E-state index contributed by atoms with van der Waals surface area (Å²) < 4.78 is 5.45. The van der Waals surface area contributed by atoms with Gasteiger partial charge in [0.15, 0.2) is 0 Å². The molecule has 1 amide bonds. The second-order valence-electron chi connectivity index (χ2n) is 6.47. The summed E-state index contributed by atoms with van der Waals surface area (Å²) >= 11 is 6.00. The maximum atomic E-state index is 13.0. The van der Waals surface area contributed by atoms with Crippen molar-refractivity contribution < 1.29 is 9.53 Å². The van der Waals surface area contributed by atoms with Gasteiger partial charge in [-0.15, -0.1) is 11.6 Å². The molecule has 0 bridgehead atoms. The lowest BCUT2D eigenvalue weighted by atomic mass is 9.77. The van der Waals surface area contributed by atoms with Crippen LogP contribution in [-0.4, -0.2) is 42.5 Å². The van der Waals surface area contributed by atoms with Gasteiger partial charge < -0.3 is 9.64 Å². The van der Waals surface area contributed by atoms with Gasteiger partial charge in [-0.3, -0.25) is 4.79 Å². The molecule has 0 N–H and O–H groups in total. The molecule has 110 valence electrons. The van der Waals surface area contributed by atoms with Crippen LogP contribution >= 0.6 is 11.6 Å². The highest BCUT2D eigenvalue weighted by atomic mass is 35.5. The Bertz CT molecular complexity index is 313. The highest BCUT2D eigenvalue weighted by Crippen LogP contribution is 2.45. The van der Waals surface area contributed by atoms with Crippen LogP contribution in [0.15, 0.2) is 0 Å². The van der Waals surface area contributed by atoms with Crippen LogP contribution in [0.2, 0.25) is 0 Å². The number of alkyl halides is 1. The lowest BCUT2D eigenvalue weighted by Crippen LogP contribution is -2.54. The van der Waals surface area contributed by atoms with Crippen LogP contribution in [-0.2, 0) is 9.53 Å². The summed E-state index contributed by atoms with van der Waals surface area (Å²) in [5.74, 6) is 1.38. The van der Waals surface area contributed by atoms with Gasteiger partial charge in [-0.25, -0.2) is 0 Å². The first-order valence-electron chi connectivity index (χ1n) is 7.54. The molecule has 1 unspecified atom stereocenters. The third-order valence-electron chi connectivity index (χ3n) is 4.48. The number of rotatable bonds is 4. The van der Waals surface area contributed by atoms with E-state index in [4.69, 9.17) is 16.3 Å². The first kappa shape index (κ1) is 15.1. The molecule has 3 nitrogen and oxygen atoms in total. The van der Waals surface area contributed by atoms with Crippen LogP contribution in [0.25, 0.3) is 0 Å². The van der Waals surface area contributed by atoms with Crippen LogP contribution in [0.1, 0.15) is 46.0 Å². The molecule has 1 aliphatic heterocycles. The van der Waals surface area contributed by atoms with Gasteiger partial charge >= 0.3 is 0 Å². The molecular weight excluding hydrogens is 262 g/mol. The molecule has 0 aromatic rings. The summed E-state index contributed by atoms with van der Waals surface area (Å²) in [6.07, 6.45) is 5.49. The Labute approximate surface area is 121 Å². The van der Waals surface area contributed by atoms with E-state index in [1.165, 1.54) is 12.8 Å². The van der Waals surface area contributed by atoms with Crippen molar-refractivity contribution in [1.82, 2.24) is 4.90 Å². The molecule has 4 heteroatoms. The molecule has 2 rings (SSSR count). The normalized spacial score (nSPS) is 26.9. The lowest BCUT2D eigenvalue weighted by molar-refractivity contribution is -0.151. The minimum Gasteiger partial charge on any atom is -0.377 e. The minimum atomic E-state index is -0.115. The number of amides is 1. The minimum absolute atomic E-state index is 0.0625. The van der Waals surface area contributed by atoms with Gasteiger partial charge in [-0.05, 0) is 25.2 Å². The fourth-order valence-corrected chi connectivity index (χ4v) is 3.95. The summed E-state index contributed by atoms with van der Waals surface area (Å²) in [6, 6.07) is 0.0625. The molecule has 1 saturated carbocycles. The average Bonchev–Trinajstić information content (AvgIpc) is 2.86. The molecule has 2 aliphatic rings. The first-order chi connectivity index (χ1) is 9.09. The van der Waals surface area contributed by atoms with Crippen molar-refractivity contribution in [2.75, 3.05) is 25.6 Å². The fourth-order valence-electron chi connectivity index (χ4n) is 3.69. The zero-order valence-electron chi connectivity index (χ0n) is 12.2. The molecule has 0 radical (unpaired) electrons. The number of halogens is 1. The molecule has 1 saturated heterocycles. The summed E-state index contributed by atoms with van der Waals surface area (Å²) in [5.41, 5.74) is -0.115. The maximum Gasteiger partial charge on any atom is 0.229 e. The number of carbonyl (C=O) groups excluding carboxylic acids is 1. The lowest BCUT2D eigenvalue weighted by Gasteiger charge is -2.41. The van der Waals surface area contributed by atoms with E-state index in [0.29, 0.717) is 37.5 Å². The maximum absolute atomic E-state index is 13.0. The van der Waals surface area contributed by atoms with E-state index in [1.54, 1.807) is 0 Å². The summed E-state index contributed by atoms with van der Waals surface area (Å²) in [4.78, 5) is 15.0. The Hall–Kier alpha value is -0.280. The van der Waals surface area contributed by atoms with E-state index < -0.39 is 0 Å². The van der Waals surface area contributed by atoms with E-state index in [-0.39, 0.29) is 11.5 Å². The molecule has 2 fully saturated rings. The predicted molar refractivity (Wildman–Crippen MR) is 77.4 cm³/mol. The Morgan fingerprint density at radius 3 is 2.68 bits per heavy atom. The van der Waals surface area contributed by atoms with E-state index in [0.717, 1.165) is 19.3 Å². The van der Waals surface area contributed by atoms with Gasteiger partial charge in [-0.2, -0.15) is 0 Å². The zero-order chi connectivity index (χ0) is 13.9. The third-order valence-corrected chi connectivity index (χ3v) is 4.84.